The van der Waals surface area contributed by atoms with Crippen molar-refractivity contribution in [1.29, 1.82) is 0 Å². The SMILES string of the molecule is Cc1nsc(NS(=O)(=O)c2cc(C(=O)O)n(C3CC3)c2)n1. The van der Waals surface area contributed by atoms with Gasteiger partial charge >= 0.3 is 5.97 Å². The molecule has 2 heterocycles. The molecular weight excluding hydrogens is 316 g/mol. The minimum absolute atomic E-state index is 0.0219. The molecule has 3 rings (SSSR count). The van der Waals surface area contributed by atoms with Gasteiger partial charge in [-0.15, -0.1) is 0 Å². The van der Waals surface area contributed by atoms with E-state index in [-0.39, 0.29) is 21.8 Å². The van der Waals surface area contributed by atoms with E-state index < -0.39 is 16.0 Å². The fraction of sp³-hybridized carbons (Fsp3) is 0.364. The number of carbonyl (C=O) groups is 1. The number of carboxylic acids is 1. The van der Waals surface area contributed by atoms with Crippen LogP contribution in [-0.4, -0.2) is 33.4 Å². The molecule has 0 aromatic carbocycles. The lowest BCUT2D eigenvalue weighted by molar-refractivity contribution is 0.0685. The Hall–Kier alpha value is -1.94. The van der Waals surface area contributed by atoms with Gasteiger partial charge in [0.2, 0.25) is 5.13 Å². The first-order valence-electron chi connectivity index (χ1n) is 6.15. The molecule has 0 bridgehead atoms. The summed E-state index contributed by atoms with van der Waals surface area (Å²) in [7, 11) is -3.87. The summed E-state index contributed by atoms with van der Waals surface area (Å²) >= 11 is 0.933. The highest BCUT2D eigenvalue weighted by molar-refractivity contribution is 7.93. The van der Waals surface area contributed by atoms with E-state index in [1.165, 1.54) is 10.8 Å². The summed E-state index contributed by atoms with van der Waals surface area (Å²) in [5.74, 6) is -0.672. The van der Waals surface area contributed by atoms with Gasteiger partial charge in [-0.25, -0.2) is 18.2 Å². The second-order valence-electron chi connectivity index (χ2n) is 4.76. The Kier molecular flexibility index (Phi) is 3.21. The van der Waals surface area contributed by atoms with Crippen LogP contribution in [0.2, 0.25) is 0 Å². The van der Waals surface area contributed by atoms with Crippen molar-refractivity contribution in [2.24, 2.45) is 0 Å². The molecule has 0 saturated heterocycles. The average molecular weight is 328 g/mol. The number of nitrogens with zero attached hydrogens (tertiary/aromatic N) is 3. The highest BCUT2D eigenvalue weighted by Crippen LogP contribution is 2.37. The normalized spacial score (nSPS) is 15.1. The number of rotatable bonds is 5. The predicted molar refractivity (Wildman–Crippen MR) is 75.1 cm³/mol. The molecule has 0 aliphatic heterocycles. The molecule has 2 N–H and O–H groups in total. The topological polar surface area (TPSA) is 114 Å². The summed E-state index contributed by atoms with van der Waals surface area (Å²) in [6.07, 6.45) is 3.08. The maximum atomic E-state index is 12.3. The molecule has 0 amide bonds. The van der Waals surface area contributed by atoms with E-state index in [2.05, 4.69) is 14.1 Å². The van der Waals surface area contributed by atoms with Crippen LogP contribution in [0.1, 0.15) is 35.2 Å². The summed E-state index contributed by atoms with van der Waals surface area (Å²) in [4.78, 5) is 15.0. The quantitative estimate of drug-likeness (QED) is 0.859. The largest absolute Gasteiger partial charge is 0.477 e. The summed E-state index contributed by atoms with van der Waals surface area (Å²) in [5.41, 5.74) is -0.0219. The standard InChI is InChI=1S/C11H12N4O4S2/c1-6-12-11(20-13-6)14-21(18,19)8-4-9(10(16)17)15(5-8)7-2-3-7/h4-5,7H,2-3H2,1H3,(H,16,17)(H,12,13,14). The minimum Gasteiger partial charge on any atom is -0.477 e. The molecule has 8 nitrogen and oxygen atoms in total. The van der Waals surface area contributed by atoms with Gasteiger partial charge in [0.25, 0.3) is 10.0 Å². The summed E-state index contributed by atoms with van der Waals surface area (Å²) in [6, 6.07) is 1.24. The van der Waals surface area contributed by atoms with Crippen LogP contribution < -0.4 is 4.72 Å². The first kappa shape index (κ1) is 14.0. The van der Waals surface area contributed by atoms with Gasteiger partial charge in [0.05, 0.1) is 0 Å². The van der Waals surface area contributed by atoms with Crippen molar-refractivity contribution in [1.82, 2.24) is 13.9 Å². The zero-order valence-corrected chi connectivity index (χ0v) is 12.6. The second kappa shape index (κ2) is 4.81. The van der Waals surface area contributed by atoms with Gasteiger partial charge in [0.15, 0.2) is 0 Å². The van der Waals surface area contributed by atoms with E-state index in [0.29, 0.717) is 5.82 Å². The molecule has 10 heteroatoms. The number of hydrogen-bond donors (Lipinski definition) is 2. The molecule has 0 radical (unpaired) electrons. The Morgan fingerprint density at radius 2 is 2.24 bits per heavy atom. The first-order valence-corrected chi connectivity index (χ1v) is 8.41. The van der Waals surface area contributed by atoms with Crippen molar-refractivity contribution in [3.63, 3.8) is 0 Å². The van der Waals surface area contributed by atoms with Crippen molar-refractivity contribution >= 4 is 32.7 Å². The Labute approximate surface area is 124 Å². The molecule has 21 heavy (non-hydrogen) atoms. The van der Waals surface area contributed by atoms with Crippen molar-refractivity contribution < 1.29 is 18.3 Å². The van der Waals surface area contributed by atoms with Crippen molar-refractivity contribution in [3.05, 3.63) is 23.8 Å². The Morgan fingerprint density at radius 1 is 1.52 bits per heavy atom. The van der Waals surface area contributed by atoms with Crippen LogP contribution in [0.3, 0.4) is 0 Å². The van der Waals surface area contributed by atoms with Gasteiger partial charge in [-0.2, -0.15) is 4.37 Å². The monoisotopic (exact) mass is 328 g/mol. The van der Waals surface area contributed by atoms with E-state index in [9.17, 15) is 13.2 Å². The van der Waals surface area contributed by atoms with Gasteiger partial charge < -0.3 is 9.67 Å². The van der Waals surface area contributed by atoms with Crippen LogP contribution >= 0.6 is 11.5 Å². The number of aryl methyl sites for hydroxylation is 1. The number of anilines is 1. The molecule has 0 spiro atoms. The van der Waals surface area contributed by atoms with Gasteiger partial charge in [-0.05, 0) is 25.8 Å². The second-order valence-corrected chi connectivity index (χ2v) is 7.19. The highest BCUT2D eigenvalue weighted by atomic mass is 32.2. The third-order valence-electron chi connectivity index (χ3n) is 3.04. The molecular formula is C11H12N4O4S2. The molecule has 1 saturated carbocycles. The Bertz CT molecular complexity index is 804. The van der Waals surface area contributed by atoms with Crippen LogP contribution in [0.25, 0.3) is 0 Å². The van der Waals surface area contributed by atoms with Crippen LogP contribution in [0, 0.1) is 6.92 Å². The Morgan fingerprint density at radius 3 is 2.76 bits per heavy atom. The molecule has 2 aromatic heterocycles. The van der Waals surface area contributed by atoms with Gasteiger partial charge in [-0.3, -0.25) is 4.72 Å². The minimum atomic E-state index is -3.87. The third-order valence-corrected chi connectivity index (χ3v) is 5.20. The lowest BCUT2D eigenvalue weighted by Gasteiger charge is -2.02. The maximum Gasteiger partial charge on any atom is 0.352 e. The van der Waals surface area contributed by atoms with E-state index >= 15 is 0 Å². The zero-order chi connectivity index (χ0) is 15.2. The highest BCUT2D eigenvalue weighted by Gasteiger charge is 2.30. The molecule has 1 fully saturated rings. The maximum absolute atomic E-state index is 12.3. The predicted octanol–water partition coefficient (Wildman–Crippen LogP) is 1.48. The smallest absolute Gasteiger partial charge is 0.352 e. The van der Waals surface area contributed by atoms with Crippen LogP contribution in [0.5, 0.6) is 0 Å². The van der Waals surface area contributed by atoms with Gasteiger partial charge in [-0.1, -0.05) is 0 Å². The average Bonchev–Trinajstić information content (AvgIpc) is 2.99. The number of hydrogen-bond acceptors (Lipinski definition) is 6. The summed E-state index contributed by atoms with van der Waals surface area (Å²) in [6.45, 7) is 1.65. The van der Waals surface area contributed by atoms with Crippen LogP contribution in [0.4, 0.5) is 5.13 Å². The van der Waals surface area contributed by atoms with E-state index in [1.807, 2.05) is 0 Å². The van der Waals surface area contributed by atoms with E-state index in [4.69, 9.17) is 5.11 Å². The molecule has 1 aliphatic carbocycles. The number of sulfonamides is 1. The number of nitrogens with one attached hydrogen (secondary N) is 1. The molecule has 112 valence electrons. The number of aromatic nitrogens is 3. The van der Waals surface area contributed by atoms with Crippen molar-refractivity contribution in [2.75, 3.05) is 4.72 Å². The lowest BCUT2D eigenvalue weighted by atomic mass is 10.4. The van der Waals surface area contributed by atoms with Crippen LogP contribution in [-0.2, 0) is 10.0 Å². The zero-order valence-electron chi connectivity index (χ0n) is 11.0. The Balaban J connectivity index is 1.95. The third kappa shape index (κ3) is 2.76. The fourth-order valence-corrected chi connectivity index (χ4v) is 3.76. The van der Waals surface area contributed by atoms with E-state index in [1.54, 1.807) is 6.92 Å². The molecule has 2 aromatic rings. The van der Waals surface area contributed by atoms with Crippen LogP contribution in [0.15, 0.2) is 17.2 Å². The summed E-state index contributed by atoms with van der Waals surface area (Å²) < 4.78 is 32.2. The van der Waals surface area contributed by atoms with Gasteiger partial charge in [0.1, 0.15) is 16.4 Å². The number of carboxylic acid groups (broad SMARTS) is 1. The molecule has 0 atom stereocenters. The van der Waals surface area contributed by atoms with E-state index in [0.717, 1.165) is 30.4 Å². The number of aromatic carboxylic acids is 1. The van der Waals surface area contributed by atoms with Crippen molar-refractivity contribution in [3.8, 4) is 0 Å². The molecule has 1 aliphatic rings. The molecule has 0 unspecified atom stereocenters. The lowest BCUT2D eigenvalue weighted by Crippen LogP contribution is -2.12. The first-order chi connectivity index (χ1) is 9.87. The van der Waals surface area contributed by atoms with Gasteiger partial charge in [0, 0.05) is 23.8 Å². The fourth-order valence-electron chi connectivity index (χ4n) is 1.94. The summed E-state index contributed by atoms with van der Waals surface area (Å²) in [5, 5.41) is 9.31. The van der Waals surface area contributed by atoms with Crippen molar-refractivity contribution in [2.45, 2.75) is 30.7 Å².